The van der Waals surface area contributed by atoms with Gasteiger partial charge in [-0.1, -0.05) is 15.9 Å². The van der Waals surface area contributed by atoms with E-state index in [2.05, 4.69) is 33.4 Å². The third-order valence-electron chi connectivity index (χ3n) is 2.57. The van der Waals surface area contributed by atoms with E-state index in [4.69, 9.17) is 4.74 Å². The number of hydrogen-bond acceptors (Lipinski definition) is 2. The smallest absolute Gasteiger partial charge is 0.119 e. The molecular formula is C12H16BrNO. The summed E-state index contributed by atoms with van der Waals surface area (Å²) in [4.78, 5) is 0. The Morgan fingerprint density at radius 1 is 1.47 bits per heavy atom. The Balaban J connectivity index is 1.99. The minimum absolute atomic E-state index is 0.807. The molecule has 0 spiro atoms. The highest BCUT2D eigenvalue weighted by Crippen LogP contribution is 2.30. The summed E-state index contributed by atoms with van der Waals surface area (Å²) < 4.78 is 6.86. The number of benzene rings is 1. The Labute approximate surface area is 99.1 Å². The molecule has 2 rings (SSSR count). The molecule has 0 bridgehead atoms. The van der Waals surface area contributed by atoms with Gasteiger partial charge in [-0.25, -0.2) is 0 Å². The molecule has 1 aromatic rings. The van der Waals surface area contributed by atoms with E-state index in [0.717, 1.165) is 29.3 Å². The first-order valence-electron chi connectivity index (χ1n) is 5.35. The van der Waals surface area contributed by atoms with Gasteiger partial charge in [0.1, 0.15) is 5.75 Å². The van der Waals surface area contributed by atoms with Gasteiger partial charge in [-0.3, -0.25) is 0 Å². The molecule has 3 heteroatoms. The summed E-state index contributed by atoms with van der Waals surface area (Å²) in [5, 5.41) is 3.14. The van der Waals surface area contributed by atoms with Crippen molar-refractivity contribution in [1.82, 2.24) is 5.32 Å². The van der Waals surface area contributed by atoms with E-state index < -0.39 is 0 Å². The van der Waals surface area contributed by atoms with Gasteiger partial charge in [-0.15, -0.1) is 0 Å². The lowest BCUT2D eigenvalue weighted by Gasteiger charge is -2.09. The van der Waals surface area contributed by atoms with E-state index in [1.54, 1.807) is 0 Å². The number of hydrogen-bond donors (Lipinski definition) is 1. The molecule has 0 aliphatic heterocycles. The fraction of sp³-hybridized carbons (Fsp3) is 0.500. The molecule has 15 heavy (non-hydrogen) atoms. The van der Waals surface area contributed by atoms with Crippen LogP contribution in [0.1, 0.15) is 18.4 Å². The van der Waals surface area contributed by atoms with Crippen LogP contribution in [-0.4, -0.2) is 13.7 Å². The van der Waals surface area contributed by atoms with Crippen LogP contribution in [-0.2, 0) is 6.54 Å². The van der Waals surface area contributed by atoms with Crippen molar-refractivity contribution in [3.8, 4) is 5.75 Å². The SMILES string of the molecule is CNCc1cc(OCC2CC2)ccc1Br. The van der Waals surface area contributed by atoms with E-state index in [9.17, 15) is 0 Å². The van der Waals surface area contributed by atoms with Crippen molar-refractivity contribution in [2.24, 2.45) is 5.92 Å². The zero-order chi connectivity index (χ0) is 10.7. The summed E-state index contributed by atoms with van der Waals surface area (Å²) in [5.74, 6) is 1.79. The van der Waals surface area contributed by atoms with Crippen LogP contribution in [0.2, 0.25) is 0 Å². The lowest BCUT2D eigenvalue weighted by molar-refractivity contribution is 0.299. The van der Waals surface area contributed by atoms with Crippen LogP contribution in [0.5, 0.6) is 5.75 Å². The number of nitrogens with one attached hydrogen (secondary N) is 1. The second-order valence-corrected chi connectivity index (χ2v) is 4.89. The lowest BCUT2D eigenvalue weighted by atomic mass is 10.2. The van der Waals surface area contributed by atoms with Gasteiger partial charge in [0.2, 0.25) is 0 Å². The first kappa shape index (κ1) is 11.0. The van der Waals surface area contributed by atoms with Crippen molar-refractivity contribution in [2.75, 3.05) is 13.7 Å². The van der Waals surface area contributed by atoms with Gasteiger partial charge in [0.15, 0.2) is 0 Å². The minimum Gasteiger partial charge on any atom is -0.493 e. The van der Waals surface area contributed by atoms with Crippen LogP contribution < -0.4 is 10.1 Å². The quantitative estimate of drug-likeness (QED) is 0.888. The third kappa shape index (κ3) is 3.21. The molecule has 1 N–H and O–H groups in total. The molecule has 1 aromatic carbocycles. The molecule has 1 aliphatic rings. The fourth-order valence-electron chi connectivity index (χ4n) is 1.47. The molecule has 1 saturated carbocycles. The van der Waals surface area contributed by atoms with Gasteiger partial charge < -0.3 is 10.1 Å². The maximum atomic E-state index is 5.72. The minimum atomic E-state index is 0.807. The lowest BCUT2D eigenvalue weighted by Crippen LogP contribution is -2.06. The summed E-state index contributed by atoms with van der Waals surface area (Å²) in [5.41, 5.74) is 1.24. The van der Waals surface area contributed by atoms with E-state index in [0.29, 0.717) is 0 Å². The van der Waals surface area contributed by atoms with Crippen LogP contribution in [0.15, 0.2) is 22.7 Å². The summed E-state index contributed by atoms with van der Waals surface area (Å²) in [6.07, 6.45) is 2.67. The molecule has 82 valence electrons. The number of rotatable bonds is 5. The molecular weight excluding hydrogens is 254 g/mol. The molecule has 0 amide bonds. The van der Waals surface area contributed by atoms with Crippen LogP contribution in [0.3, 0.4) is 0 Å². The average molecular weight is 270 g/mol. The molecule has 0 radical (unpaired) electrons. The molecule has 1 fully saturated rings. The number of halogens is 1. The van der Waals surface area contributed by atoms with E-state index in [1.807, 2.05) is 13.1 Å². The second-order valence-electron chi connectivity index (χ2n) is 4.04. The summed E-state index contributed by atoms with van der Waals surface area (Å²) in [6, 6.07) is 6.17. The van der Waals surface area contributed by atoms with Crippen molar-refractivity contribution in [2.45, 2.75) is 19.4 Å². The van der Waals surface area contributed by atoms with Crippen molar-refractivity contribution >= 4 is 15.9 Å². The highest BCUT2D eigenvalue weighted by atomic mass is 79.9. The Hall–Kier alpha value is -0.540. The first-order chi connectivity index (χ1) is 7.29. The highest BCUT2D eigenvalue weighted by molar-refractivity contribution is 9.10. The van der Waals surface area contributed by atoms with Crippen LogP contribution in [0, 0.1) is 5.92 Å². The molecule has 0 atom stereocenters. The van der Waals surface area contributed by atoms with Gasteiger partial charge in [0.05, 0.1) is 6.61 Å². The monoisotopic (exact) mass is 269 g/mol. The maximum Gasteiger partial charge on any atom is 0.119 e. The summed E-state index contributed by atoms with van der Waals surface area (Å²) >= 11 is 3.53. The molecule has 0 aromatic heterocycles. The second kappa shape index (κ2) is 4.99. The van der Waals surface area contributed by atoms with Crippen molar-refractivity contribution in [3.05, 3.63) is 28.2 Å². The first-order valence-corrected chi connectivity index (χ1v) is 6.14. The molecule has 0 saturated heterocycles. The number of ether oxygens (including phenoxy) is 1. The maximum absolute atomic E-state index is 5.72. The van der Waals surface area contributed by atoms with Gasteiger partial charge in [-0.05, 0) is 49.6 Å². The van der Waals surface area contributed by atoms with Gasteiger partial charge in [0, 0.05) is 11.0 Å². The van der Waals surface area contributed by atoms with Crippen LogP contribution >= 0.6 is 15.9 Å². The van der Waals surface area contributed by atoms with Crippen LogP contribution in [0.25, 0.3) is 0 Å². The van der Waals surface area contributed by atoms with Crippen molar-refractivity contribution < 1.29 is 4.74 Å². The molecule has 1 aliphatic carbocycles. The fourth-order valence-corrected chi connectivity index (χ4v) is 1.85. The largest absolute Gasteiger partial charge is 0.493 e. The Morgan fingerprint density at radius 2 is 2.27 bits per heavy atom. The Bertz CT molecular complexity index is 336. The predicted molar refractivity (Wildman–Crippen MR) is 65.1 cm³/mol. The van der Waals surface area contributed by atoms with E-state index in [-0.39, 0.29) is 0 Å². The van der Waals surface area contributed by atoms with E-state index >= 15 is 0 Å². The molecule has 2 nitrogen and oxygen atoms in total. The Morgan fingerprint density at radius 3 is 2.93 bits per heavy atom. The molecule has 0 unspecified atom stereocenters. The van der Waals surface area contributed by atoms with Gasteiger partial charge in [0.25, 0.3) is 0 Å². The predicted octanol–water partition coefficient (Wildman–Crippen LogP) is 2.96. The van der Waals surface area contributed by atoms with Gasteiger partial charge >= 0.3 is 0 Å². The normalized spacial score (nSPS) is 15.3. The molecule has 0 heterocycles. The Kier molecular flexibility index (Phi) is 3.65. The van der Waals surface area contributed by atoms with Crippen molar-refractivity contribution in [1.29, 1.82) is 0 Å². The standard InChI is InChI=1S/C12H16BrNO/c1-14-7-10-6-11(4-5-12(10)13)15-8-9-2-3-9/h4-6,9,14H,2-3,7-8H2,1H3. The summed E-state index contributed by atoms with van der Waals surface area (Å²) in [7, 11) is 1.95. The average Bonchev–Trinajstić information content (AvgIpc) is 3.03. The highest BCUT2D eigenvalue weighted by Gasteiger charge is 2.21. The van der Waals surface area contributed by atoms with Crippen molar-refractivity contribution in [3.63, 3.8) is 0 Å². The zero-order valence-electron chi connectivity index (χ0n) is 8.92. The zero-order valence-corrected chi connectivity index (χ0v) is 10.5. The van der Waals surface area contributed by atoms with Gasteiger partial charge in [-0.2, -0.15) is 0 Å². The summed E-state index contributed by atoms with van der Waals surface area (Å²) in [6.45, 7) is 1.74. The third-order valence-corrected chi connectivity index (χ3v) is 3.34. The van der Waals surface area contributed by atoms with E-state index in [1.165, 1.54) is 18.4 Å². The topological polar surface area (TPSA) is 21.3 Å². The van der Waals surface area contributed by atoms with Crippen LogP contribution in [0.4, 0.5) is 0 Å².